The summed E-state index contributed by atoms with van der Waals surface area (Å²) >= 11 is 0. The number of hydrogen-bond acceptors (Lipinski definition) is 5. The summed E-state index contributed by atoms with van der Waals surface area (Å²) in [5.74, 6) is 0.792. The van der Waals surface area contributed by atoms with E-state index >= 15 is 0 Å². The Balaban J connectivity index is 1.55. The fourth-order valence-electron chi connectivity index (χ4n) is 2.81. The Morgan fingerprint density at radius 1 is 1.13 bits per heavy atom. The Morgan fingerprint density at radius 2 is 1.83 bits per heavy atom. The molecule has 1 saturated carbocycles. The molecule has 7 nitrogen and oxygen atoms in total. The van der Waals surface area contributed by atoms with Crippen LogP contribution in [-0.4, -0.2) is 39.3 Å². The molecule has 1 aliphatic carbocycles. The van der Waals surface area contributed by atoms with Gasteiger partial charge in [0.15, 0.2) is 11.5 Å². The van der Waals surface area contributed by atoms with Crippen LogP contribution in [0.3, 0.4) is 0 Å². The topological polar surface area (TPSA) is 93.7 Å². The molecule has 0 saturated heterocycles. The normalized spacial score (nSPS) is 17.9. The standard InChI is InChI=1S/C15H20N2O5S/c18-15(10-16-23(19,20)12-3-1-2-4-12)17-11-5-6-13-14(9-11)22-8-7-21-13/h5-6,9,12,16H,1-4,7-8,10H2,(H,17,18). The van der Waals surface area contributed by atoms with E-state index in [-0.39, 0.29) is 11.8 Å². The number of benzene rings is 1. The van der Waals surface area contributed by atoms with Crippen LogP contribution in [0, 0.1) is 0 Å². The van der Waals surface area contributed by atoms with E-state index in [1.54, 1.807) is 18.2 Å². The smallest absolute Gasteiger partial charge is 0.239 e. The molecule has 2 aliphatic rings. The van der Waals surface area contributed by atoms with Crippen LogP contribution in [-0.2, 0) is 14.8 Å². The highest BCUT2D eigenvalue weighted by molar-refractivity contribution is 7.90. The first kappa shape index (κ1) is 16.1. The van der Waals surface area contributed by atoms with Gasteiger partial charge in [-0.2, -0.15) is 0 Å². The first-order chi connectivity index (χ1) is 11.0. The third kappa shape index (κ3) is 3.94. The summed E-state index contributed by atoms with van der Waals surface area (Å²) in [6, 6.07) is 5.07. The van der Waals surface area contributed by atoms with E-state index in [0.29, 0.717) is 43.2 Å². The van der Waals surface area contributed by atoms with Crippen LogP contribution in [0.15, 0.2) is 18.2 Å². The molecule has 0 atom stereocenters. The van der Waals surface area contributed by atoms with Crippen molar-refractivity contribution in [2.75, 3.05) is 25.1 Å². The predicted molar refractivity (Wildman–Crippen MR) is 85.2 cm³/mol. The molecule has 1 heterocycles. The Bertz CT molecular complexity index is 683. The fraction of sp³-hybridized carbons (Fsp3) is 0.533. The zero-order chi connectivity index (χ0) is 16.3. The highest BCUT2D eigenvalue weighted by Crippen LogP contribution is 2.32. The maximum absolute atomic E-state index is 12.1. The van der Waals surface area contributed by atoms with Crippen LogP contribution in [0.25, 0.3) is 0 Å². The monoisotopic (exact) mass is 340 g/mol. The maximum Gasteiger partial charge on any atom is 0.239 e. The lowest BCUT2D eigenvalue weighted by molar-refractivity contribution is -0.115. The van der Waals surface area contributed by atoms with Crippen LogP contribution in [0.5, 0.6) is 11.5 Å². The molecule has 8 heteroatoms. The van der Waals surface area contributed by atoms with E-state index < -0.39 is 15.9 Å². The van der Waals surface area contributed by atoms with Gasteiger partial charge in [0, 0.05) is 11.8 Å². The number of fused-ring (bicyclic) bond motifs is 1. The van der Waals surface area contributed by atoms with E-state index in [9.17, 15) is 13.2 Å². The van der Waals surface area contributed by atoms with Crippen molar-refractivity contribution in [1.82, 2.24) is 4.72 Å². The summed E-state index contributed by atoms with van der Waals surface area (Å²) in [6.45, 7) is 0.695. The van der Waals surface area contributed by atoms with Crippen LogP contribution in [0.2, 0.25) is 0 Å². The predicted octanol–water partition coefficient (Wildman–Crippen LogP) is 1.26. The number of sulfonamides is 1. The molecule has 0 radical (unpaired) electrons. The molecule has 1 aliphatic heterocycles. The minimum atomic E-state index is -3.42. The minimum Gasteiger partial charge on any atom is -0.486 e. The third-order valence-electron chi connectivity index (χ3n) is 4.00. The van der Waals surface area contributed by atoms with E-state index in [4.69, 9.17) is 9.47 Å². The molecule has 1 aromatic carbocycles. The average molecular weight is 340 g/mol. The van der Waals surface area contributed by atoms with Gasteiger partial charge in [0.2, 0.25) is 15.9 Å². The third-order valence-corrected chi connectivity index (χ3v) is 5.90. The maximum atomic E-state index is 12.1. The number of carbonyl (C=O) groups is 1. The van der Waals surface area contributed by atoms with Gasteiger partial charge in [-0.3, -0.25) is 4.79 Å². The Labute approximate surface area is 135 Å². The number of amides is 1. The highest BCUT2D eigenvalue weighted by Gasteiger charge is 2.28. The zero-order valence-corrected chi connectivity index (χ0v) is 13.5. The van der Waals surface area contributed by atoms with Gasteiger partial charge < -0.3 is 14.8 Å². The zero-order valence-electron chi connectivity index (χ0n) is 12.7. The summed E-state index contributed by atoms with van der Waals surface area (Å²) in [5, 5.41) is 2.28. The van der Waals surface area contributed by atoms with Gasteiger partial charge in [0.25, 0.3) is 0 Å². The molecular formula is C15H20N2O5S. The molecule has 0 spiro atoms. The van der Waals surface area contributed by atoms with Crippen LogP contribution in [0.4, 0.5) is 5.69 Å². The van der Waals surface area contributed by atoms with Gasteiger partial charge in [-0.15, -0.1) is 0 Å². The lowest BCUT2D eigenvalue weighted by atomic mass is 10.2. The van der Waals surface area contributed by atoms with Gasteiger partial charge in [-0.05, 0) is 25.0 Å². The van der Waals surface area contributed by atoms with E-state index in [1.807, 2.05) is 0 Å². The number of hydrogen-bond donors (Lipinski definition) is 2. The van der Waals surface area contributed by atoms with Gasteiger partial charge in [0.05, 0.1) is 11.8 Å². The SMILES string of the molecule is O=C(CNS(=O)(=O)C1CCCC1)Nc1ccc2c(c1)OCCO2. The lowest BCUT2D eigenvalue weighted by Gasteiger charge is -2.19. The van der Waals surface area contributed by atoms with Gasteiger partial charge in [0.1, 0.15) is 13.2 Å². The van der Waals surface area contributed by atoms with Crippen LogP contribution < -0.4 is 19.5 Å². The van der Waals surface area contributed by atoms with Gasteiger partial charge in [-0.25, -0.2) is 13.1 Å². The van der Waals surface area contributed by atoms with E-state index in [0.717, 1.165) is 12.8 Å². The molecule has 0 aromatic heterocycles. The summed E-state index contributed by atoms with van der Waals surface area (Å²) in [4.78, 5) is 11.9. The van der Waals surface area contributed by atoms with Crippen molar-refractivity contribution < 1.29 is 22.7 Å². The molecule has 23 heavy (non-hydrogen) atoms. The van der Waals surface area contributed by atoms with Crippen LogP contribution in [0.1, 0.15) is 25.7 Å². The quantitative estimate of drug-likeness (QED) is 0.841. The largest absolute Gasteiger partial charge is 0.486 e. The summed E-state index contributed by atoms with van der Waals surface area (Å²) in [6.07, 6.45) is 3.18. The molecule has 1 aromatic rings. The Hall–Kier alpha value is -1.80. The number of carbonyl (C=O) groups excluding carboxylic acids is 1. The second-order valence-corrected chi connectivity index (χ2v) is 7.72. The molecule has 1 fully saturated rings. The van der Waals surface area contributed by atoms with E-state index in [1.165, 1.54) is 0 Å². The summed E-state index contributed by atoms with van der Waals surface area (Å²) in [7, 11) is -3.42. The van der Waals surface area contributed by atoms with Crippen molar-refractivity contribution in [3.05, 3.63) is 18.2 Å². The number of ether oxygens (including phenoxy) is 2. The number of nitrogens with one attached hydrogen (secondary N) is 2. The fourth-order valence-corrected chi connectivity index (χ4v) is 4.33. The minimum absolute atomic E-state index is 0.271. The molecule has 0 unspecified atom stereocenters. The molecule has 1 amide bonds. The second-order valence-electron chi connectivity index (χ2n) is 5.68. The summed E-state index contributed by atoms with van der Waals surface area (Å²) < 4.78 is 37.3. The first-order valence-corrected chi connectivity index (χ1v) is 9.27. The summed E-state index contributed by atoms with van der Waals surface area (Å²) in [5.41, 5.74) is 0.541. The van der Waals surface area contributed by atoms with Crippen LogP contribution >= 0.6 is 0 Å². The Kier molecular flexibility index (Phi) is 4.72. The average Bonchev–Trinajstić information content (AvgIpc) is 3.08. The lowest BCUT2D eigenvalue weighted by Crippen LogP contribution is -2.38. The van der Waals surface area contributed by atoms with Gasteiger partial charge in [-0.1, -0.05) is 12.8 Å². The molecule has 0 bridgehead atoms. The van der Waals surface area contributed by atoms with Crippen molar-refractivity contribution in [3.63, 3.8) is 0 Å². The second kappa shape index (κ2) is 6.76. The first-order valence-electron chi connectivity index (χ1n) is 7.72. The molecule has 3 rings (SSSR count). The van der Waals surface area contributed by atoms with Crippen molar-refractivity contribution in [2.45, 2.75) is 30.9 Å². The van der Waals surface area contributed by atoms with Crippen molar-refractivity contribution >= 4 is 21.6 Å². The van der Waals surface area contributed by atoms with Crippen molar-refractivity contribution in [2.24, 2.45) is 0 Å². The van der Waals surface area contributed by atoms with Crippen molar-refractivity contribution in [1.29, 1.82) is 0 Å². The Morgan fingerprint density at radius 3 is 2.57 bits per heavy atom. The number of anilines is 1. The van der Waals surface area contributed by atoms with E-state index in [2.05, 4.69) is 10.0 Å². The number of rotatable bonds is 5. The van der Waals surface area contributed by atoms with Gasteiger partial charge >= 0.3 is 0 Å². The molecule has 126 valence electrons. The van der Waals surface area contributed by atoms with Crippen molar-refractivity contribution in [3.8, 4) is 11.5 Å². The highest BCUT2D eigenvalue weighted by atomic mass is 32.2. The molecule has 2 N–H and O–H groups in total. The molecular weight excluding hydrogens is 320 g/mol.